The molecule has 0 saturated carbocycles. The van der Waals surface area contributed by atoms with Crippen LogP contribution in [0.5, 0.6) is 0 Å². The van der Waals surface area contributed by atoms with Crippen molar-refractivity contribution in [3.8, 4) is 0 Å². The molecule has 2 N–H and O–H groups in total. The molecule has 0 aromatic heterocycles. The summed E-state index contributed by atoms with van der Waals surface area (Å²) in [6.07, 6.45) is 0.564. The number of halogens is 1. The van der Waals surface area contributed by atoms with Crippen LogP contribution in [-0.2, 0) is 10.0 Å². The number of anilines is 1. The van der Waals surface area contributed by atoms with Gasteiger partial charge < -0.3 is 5.73 Å². The normalized spacial score (nSPS) is 11.8. The number of hydrogen-bond acceptors (Lipinski definition) is 3. The summed E-state index contributed by atoms with van der Waals surface area (Å²) < 4.78 is 38.9. The summed E-state index contributed by atoms with van der Waals surface area (Å²) in [6.45, 7) is 4.43. The predicted octanol–water partition coefficient (Wildman–Crippen LogP) is 1.97. The fourth-order valence-corrected chi connectivity index (χ4v) is 3.65. The second kappa shape index (κ2) is 6.86. The summed E-state index contributed by atoms with van der Waals surface area (Å²) in [4.78, 5) is 0. The third-order valence-corrected chi connectivity index (χ3v) is 4.71. The maximum Gasteiger partial charge on any atom is 0.235 e. The lowest BCUT2D eigenvalue weighted by Gasteiger charge is -2.25. The molecule has 0 spiro atoms. The van der Waals surface area contributed by atoms with E-state index in [1.54, 1.807) is 0 Å². The van der Waals surface area contributed by atoms with Gasteiger partial charge in [-0.3, -0.25) is 4.31 Å². The summed E-state index contributed by atoms with van der Waals surface area (Å²) >= 11 is 0. The zero-order chi connectivity index (χ0) is 14.5. The van der Waals surface area contributed by atoms with Crippen molar-refractivity contribution >= 4 is 15.7 Å². The molecule has 0 fully saturated rings. The van der Waals surface area contributed by atoms with Crippen LogP contribution in [0.25, 0.3) is 0 Å². The average Bonchev–Trinajstić information content (AvgIpc) is 2.30. The lowest BCUT2D eigenvalue weighted by Crippen LogP contribution is -2.36. The van der Waals surface area contributed by atoms with Gasteiger partial charge in [-0.1, -0.05) is 13.8 Å². The maximum atomic E-state index is 12.9. The van der Waals surface area contributed by atoms with Crippen LogP contribution in [-0.4, -0.2) is 27.3 Å². The maximum absolute atomic E-state index is 12.9. The molecule has 0 bridgehead atoms. The van der Waals surface area contributed by atoms with E-state index in [1.165, 1.54) is 28.6 Å². The van der Waals surface area contributed by atoms with Crippen LogP contribution in [0, 0.1) is 11.7 Å². The van der Waals surface area contributed by atoms with Crippen molar-refractivity contribution in [2.45, 2.75) is 20.3 Å². The monoisotopic (exact) mass is 288 g/mol. The van der Waals surface area contributed by atoms with Crippen LogP contribution in [0.2, 0.25) is 0 Å². The Balaban J connectivity index is 3.03. The van der Waals surface area contributed by atoms with Crippen molar-refractivity contribution in [2.24, 2.45) is 11.7 Å². The van der Waals surface area contributed by atoms with Gasteiger partial charge in [0.1, 0.15) is 5.82 Å². The minimum absolute atomic E-state index is 0.0332. The van der Waals surface area contributed by atoms with Gasteiger partial charge in [0.05, 0.1) is 11.4 Å². The second-order valence-corrected chi connectivity index (χ2v) is 6.80. The first kappa shape index (κ1) is 15.9. The van der Waals surface area contributed by atoms with Crippen LogP contribution >= 0.6 is 0 Å². The Bertz CT molecular complexity index is 486. The Hall–Kier alpha value is -1.14. The van der Waals surface area contributed by atoms with Gasteiger partial charge in [-0.25, -0.2) is 12.8 Å². The van der Waals surface area contributed by atoms with Gasteiger partial charge in [0, 0.05) is 6.54 Å². The van der Waals surface area contributed by atoms with E-state index in [0.717, 1.165) is 0 Å². The van der Waals surface area contributed by atoms with Crippen molar-refractivity contribution < 1.29 is 12.8 Å². The van der Waals surface area contributed by atoms with Gasteiger partial charge in [0.25, 0.3) is 0 Å². The van der Waals surface area contributed by atoms with Gasteiger partial charge in [0.15, 0.2) is 0 Å². The highest BCUT2D eigenvalue weighted by atomic mass is 32.2. The minimum Gasteiger partial charge on any atom is -0.330 e. The van der Waals surface area contributed by atoms with Crippen LogP contribution in [0.1, 0.15) is 20.3 Å². The standard InChI is InChI=1S/C13H21FN2O2S/c1-11(2)10-19(17,18)16(9-3-8-15)13-6-4-12(14)5-7-13/h4-7,11H,3,8-10,15H2,1-2H3. The van der Waals surface area contributed by atoms with Gasteiger partial charge in [0.2, 0.25) is 10.0 Å². The summed E-state index contributed by atoms with van der Waals surface area (Å²) in [5.41, 5.74) is 5.92. The van der Waals surface area contributed by atoms with Crippen molar-refractivity contribution in [1.29, 1.82) is 0 Å². The zero-order valence-electron chi connectivity index (χ0n) is 11.3. The van der Waals surface area contributed by atoms with Crippen LogP contribution < -0.4 is 10.0 Å². The van der Waals surface area contributed by atoms with Crippen molar-refractivity contribution in [3.05, 3.63) is 30.1 Å². The number of benzene rings is 1. The van der Waals surface area contributed by atoms with E-state index in [2.05, 4.69) is 0 Å². The number of nitrogens with zero attached hydrogens (tertiary/aromatic N) is 1. The van der Waals surface area contributed by atoms with Crippen LogP contribution in [0.4, 0.5) is 10.1 Å². The van der Waals surface area contributed by atoms with E-state index in [0.29, 0.717) is 25.2 Å². The lowest BCUT2D eigenvalue weighted by atomic mass is 10.3. The first-order chi connectivity index (χ1) is 8.86. The Morgan fingerprint density at radius 1 is 1.26 bits per heavy atom. The molecule has 0 unspecified atom stereocenters. The molecule has 0 atom stereocenters. The first-order valence-electron chi connectivity index (χ1n) is 6.33. The first-order valence-corrected chi connectivity index (χ1v) is 7.94. The fourth-order valence-electron chi connectivity index (χ4n) is 1.78. The average molecular weight is 288 g/mol. The van der Waals surface area contributed by atoms with Gasteiger partial charge >= 0.3 is 0 Å². The number of sulfonamides is 1. The molecule has 0 radical (unpaired) electrons. The zero-order valence-corrected chi connectivity index (χ0v) is 12.2. The molecule has 4 nitrogen and oxygen atoms in total. The third-order valence-electron chi connectivity index (χ3n) is 2.56. The SMILES string of the molecule is CC(C)CS(=O)(=O)N(CCCN)c1ccc(F)cc1. The number of nitrogens with two attached hydrogens (primary N) is 1. The Morgan fingerprint density at radius 3 is 2.32 bits per heavy atom. The molecule has 1 rings (SSSR count). The highest BCUT2D eigenvalue weighted by Crippen LogP contribution is 2.20. The molecule has 0 aliphatic heterocycles. The molecule has 0 heterocycles. The van der Waals surface area contributed by atoms with E-state index in [1.807, 2.05) is 13.8 Å². The van der Waals surface area contributed by atoms with Gasteiger partial charge in [-0.15, -0.1) is 0 Å². The van der Waals surface area contributed by atoms with Crippen molar-refractivity contribution in [1.82, 2.24) is 0 Å². The molecule has 1 aromatic carbocycles. The predicted molar refractivity (Wildman–Crippen MR) is 76.0 cm³/mol. The molecule has 0 aliphatic carbocycles. The number of hydrogen-bond donors (Lipinski definition) is 1. The molecule has 0 saturated heterocycles. The molecule has 0 amide bonds. The van der Waals surface area contributed by atoms with Gasteiger partial charge in [-0.05, 0) is 43.1 Å². The smallest absolute Gasteiger partial charge is 0.235 e. The highest BCUT2D eigenvalue weighted by molar-refractivity contribution is 7.92. The van der Waals surface area contributed by atoms with Gasteiger partial charge in [-0.2, -0.15) is 0 Å². The Labute approximate surface area is 114 Å². The van der Waals surface area contributed by atoms with E-state index in [4.69, 9.17) is 5.73 Å². The molecule has 19 heavy (non-hydrogen) atoms. The summed E-state index contributed by atoms with van der Waals surface area (Å²) in [5, 5.41) is 0. The molecule has 1 aromatic rings. The highest BCUT2D eigenvalue weighted by Gasteiger charge is 2.23. The summed E-state index contributed by atoms with van der Waals surface area (Å²) in [5.74, 6) is -0.288. The van der Waals surface area contributed by atoms with E-state index >= 15 is 0 Å². The van der Waals surface area contributed by atoms with Crippen molar-refractivity contribution in [2.75, 3.05) is 23.1 Å². The van der Waals surface area contributed by atoms with E-state index < -0.39 is 10.0 Å². The fraction of sp³-hybridized carbons (Fsp3) is 0.538. The summed E-state index contributed by atoms with van der Waals surface area (Å²) in [6, 6.07) is 5.47. The third kappa shape index (κ3) is 4.80. The Morgan fingerprint density at radius 2 is 1.84 bits per heavy atom. The van der Waals surface area contributed by atoms with Crippen LogP contribution in [0.3, 0.4) is 0 Å². The topological polar surface area (TPSA) is 63.4 Å². The molecule has 0 aliphatic rings. The Kier molecular flexibility index (Phi) is 5.75. The van der Waals surface area contributed by atoms with Crippen molar-refractivity contribution in [3.63, 3.8) is 0 Å². The van der Waals surface area contributed by atoms with Crippen LogP contribution in [0.15, 0.2) is 24.3 Å². The quantitative estimate of drug-likeness (QED) is 0.834. The molecular formula is C13H21FN2O2S. The molecule has 6 heteroatoms. The minimum atomic E-state index is -3.40. The summed E-state index contributed by atoms with van der Waals surface area (Å²) in [7, 11) is -3.40. The largest absolute Gasteiger partial charge is 0.330 e. The van der Waals surface area contributed by atoms with E-state index in [9.17, 15) is 12.8 Å². The number of rotatable bonds is 7. The molecule has 108 valence electrons. The van der Waals surface area contributed by atoms with E-state index in [-0.39, 0.29) is 17.5 Å². The second-order valence-electron chi connectivity index (χ2n) is 4.86. The molecular weight excluding hydrogens is 267 g/mol. The lowest BCUT2D eigenvalue weighted by molar-refractivity contribution is 0.575.